The van der Waals surface area contributed by atoms with Crippen LogP contribution in [-0.4, -0.2) is 50.9 Å². The maximum atomic E-state index is 12.4. The molecule has 1 aromatic heterocycles. The number of rotatable bonds is 6. The minimum atomic E-state index is -0.153. The number of nitrogens with zero attached hydrogens (tertiary/aromatic N) is 3. The Morgan fingerprint density at radius 3 is 2.59 bits per heavy atom. The van der Waals surface area contributed by atoms with Gasteiger partial charge in [0, 0.05) is 23.9 Å². The Morgan fingerprint density at radius 2 is 1.93 bits per heavy atom. The molecule has 4 rings (SSSR count). The molecule has 0 aliphatic carbocycles. The third-order valence-electron chi connectivity index (χ3n) is 4.48. The second-order valence-electron chi connectivity index (χ2n) is 6.29. The van der Waals surface area contributed by atoms with E-state index < -0.39 is 0 Å². The Morgan fingerprint density at radius 1 is 1.17 bits per heavy atom. The minimum Gasteiger partial charge on any atom is -0.497 e. The second-order valence-corrected chi connectivity index (χ2v) is 8.02. The first-order chi connectivity index (χ1) is 14.2. The molecule has 29 heavy (non-hydrogen) atoms. The van der Waals surface area contributed by atoms with Crippen molar-refractivity contribution >= 4 is 34.2 Å². The fraction of sp³-hybridized carbons (Fsp3) is 0.190. The molecule has 8 heteroatoms. The highest BCUT2D eigenvalue weighted by molar-refractivity contribution is 8.23. The molecule has 0 saturated carbocycles. The van der Waals surface area contributed by atoms with Crippen molar-refractivity contribution in [1.29, 1.82) is 0 Å². The Bertz CT molecular complexity index is 1020. The SMILES string of the molecule is COc1ccc(-c2cc(OCC(=O)N3CCSC3=S)nn2-c2ccccc2)cc1. The van der Waals surface area contributed by atoms with Gasteiger partial charge >= 0.3 is 0 Å². The normalized spacial score (nSPS) is 13.6. The molecule has 2 heterocycles. The van der Waals surface area contributed by atoms with Gasteiger partial charge in [0.25, 0.3) is 5.91 Å². The van der Waals surface area contributed by atoms with Gasteiger partial charge in [0.05, 0.1) is 18.5 Å². The van der Waals surface area contributed by atoms with Gasteiger partial charge in [-0.05, 0) is 36.4 Å². The molecule has 0 bridgehead atoms. The standard InChI is InChI=1S/C21H19N3O3S2/c1-26-17-9-7-15(8-10-17)18-13-19(22-24(18)16-5-3-2-4-6-16)27-14-20(25)23-11-12-29-21(23)28/h2-10,13H,11-12,14H2,1H3. The maximum Gasteiger partial charge on any atom is 0.266 e. The van der Waals surface area contributed by atoms with E-state index in [9.17, 15) is 4.79 Å². The first-order valence-corrected chi connectivity index (χ1v) is 10.4. The van der Waals surface area contributed by atoms with Gasteiger partial charge in [-0.1, -0.05) is 42.2 Å². The number of hydrogen-bond acceptors (Lipinski definition) is 6. The number of benzene rings is 2. The highest BCUT2D eigenvalue weighted by Crippen LogP contribution is 2.28. The zero-order chi connectivity index (χ0) is 20.2. The number of hydrogen-bond donors (Lipinski definition) is 0. The van der Waals surface area contributed by atoms with Crippen LogP contribution in [0.1, 0.15) is 0 Å². The van der Waals surface area contributed by atoms with Crippen LogP contribution < -0.4 is 9.47 Å². The van der Waals surface area contributed by atoms with Crippen molar-refractivity contribution in [2.45, 2.75) is 0 Å². The van der Waals surface area contributed by atoms with Crippen LogP contribution in [-0.2, 0) is 4.79 Å². The van der Waals surface area contributed by atoms with Crippen molar-refractivity contribution in [1.82, 2.24) is 14.7 Å². The molecule has 0 unspecified atom stereocenters. The van der Waals surface area contributed by atoms with Gasteiger partial charge < -0.3 is 9.47 Å². The van der Waals surface area contributed by atoms with E-state index in [0.717, 1.165) is 28.4 Å². The minimum absolute atomic E-state index is 0.103. The predicted octanol–water partition coefficient (Wildman–Crippen LogP) is 3.79. The van der Waals surface area contributed by atoms with Crippen molar-refractivity contribution in [2.24, 2.45) is 0 Å². The zero-order valence-electron chi connectivity index (χ0n) is 15.8. The summed E-state index contributed by atoms with van der Waals surface area (Å²) in [5.41, 5.74) is 2.71. The maximum absolute atomic E-state index is 12.4. The van der Waals surface area contributed by atoms with Gasteiger partial charge in [0.1, 0.15) is 10.1 Å². The van der Waals surface area contributed by atoms with Crippen LogP contribution in [0, 0.1) is 0 Å². The van der Waals surface area contributed by atoms with Crippen molar-refractivity contribution in [3.63, 3.8) is 0 Å². The van der Waals surface area contributed by atoms with Crippen LogP contribution >= 0.6 is 24.0 Å². The summed E-state index contributed by atoms with van der Waals surface area (Å²) < 4.78 is 13.4. The van der Waals surface area contributed by atoms with Gasteiger partial charge in [-0.15, -0.1) is 5.10 Å². The molecule has 2 aromatic carbocycles. The number of methoxy groups -OCH3 is 1. The van der Waals surface area contributed by atoms with Crippen molar-refractivity contribution in [2.75, 3.05) is 26.0 Å². The summed E-state index contributed by atoms with van der Waals surface area (Å²) in [6, 6.07) is 19.3. The summed E-state index contributed by atoms with van der Waals surface area (Å²) >= 11 is 6.71. The molecule has 1 aliphatic heterocycles. The van der Waals surface area contributed by atoms with E-state index in [1.807, 2.05) is 60.7 Å². The third-order valence-corrected chi connectivity index (χ3v) is 5.91. The van der Waals surface area contributed by atoms with Gasteiger partial charge in [-0.2, -0.15) is 0 Å². The van der Waals surface area contributed by atoms with Crippen LogP contribution in [0.15, 0.2) is 60.7 Å². The molecule has 1 saturated heterocycles. The highest BCUT2D eigenvalue weighted by Gasteiger charge is 2.24. The first kappa shape index (κ1) is 19.5. The number of amides is 1. The smallest absolute Gasteiger partial charge is 0.266 e. The van der Waals surface area contributed by atoms with Crippen LogP contribution in [0.4, 0.5) is 0 Å². The van der Waals surface area contributed by atoms with Crippen LogP contribution in [0.5, 0.6) is 11.6 Å². The summed E-state index contributed by atoms with van der Waals surface area (Å²) in [7, 11) is 1.64. The summed E-state index contributed by atoms with van der Waals surface area (Å²) in [6.45, 7) is 0.524. The van der Waals surface area contributed by atoms with Crippen LogP contribution in [0.25, 0.3) is 16.9 Å². The summed E-state index contributed by atoms with van der Waals surface area (Å²) in [5, 5.41) is 4.57. The second kappa shape index (κ2) is 8.67. The van der Waals surface area contributed by atoms with Gasteiger partial charge in [-0.3, -0.25) is 9.69 Å². The largest absolute Gasteiger partial charge is 0.497 e. The van der Waals surface area contributed by atoms with E-state index in [1.165, 1.54) is 11.8 Å². The molecule has 0 radical (unpaired) electrons. The molecule has 6 nitrogen and oxygen atoms in total. The lowest BCUT2D eigenvalue weighted by Crippen LogP contribution is -2.34. The molecule has 0 N–H and O–H groups in total. The number of ether oxygens (including phenoxy) is 2. The van der Waals surface area contributed by atoms with Gasteiger partial charge in [0.2, 0.25) is 5.88 Å². The number of thiocarbonyl (C=S) groups is 1. The molecule has 3 aromatic rings. The third kappa shape index (κ3) is 4.28. The lowest BCUT2D eigenvalue weighted by Gasteiger charge is -2.14. The molecule has 0 spiro atoms. The lowest BCUT2D eigenvalue weighted by atomic mass is 10.1. The molecular weight excluding hydrogens is 406 g/mol. The monoisotopic (exact) mass is 425 g/mol. The Balaban J connectivity index is 1.60. The highest BCUT2D eigenvalue weighted by atomic mass is 32.2. The van der Waals surface area contributed by atoms with E-state index in [4.69, 9.17) is 21.7 Å². The van der Waals surface area contributed by atoms with Crippen molar-refractivity contribution < 1.29 is 14.3 Å². The topological polar surface area (TPSA) is 56.6 Å². The van der Waals surface area contributed by atoms with Gasteiger partial charge in [0.15, 0.2) is 6.61 Å². The summed E-state index contributed by atoms with van der Waals surface area (Å²) in [6.07, 6.45) is 0. The Labute approximate surface area is 178 Å². The predicted molar refractivity (Wildman–Crippen MR) is 118 cm³/mol. The molecule has 148 valence electrons. The van der Waals surface area contributed by atoms with E-state index in [0.29, 0.717) is 16.7 Å². The molecule has 1 fully saturated rings. The molecule has 1 aliphatic rings. The number of thioether (sulfide) groups is 1. The zero-order valence-corrected chi connectivity index (χ0v) is 17.4. The fourth-order valence-electron chi connectivity index (χ4n) is 3.00. The van der Waals surface area contributed by atoms with Crippen molar-refractivity contribution in [3.8, 4) is 28.6 Å². The van der Waals surface area contributed by atoms with Crippen molar-refractivity contribution in [3.05, 3.63) is 60.7 Å². The first-order valence-electron chi connectivity index (χ1n) is 9.05. The van der Waals surface area contributed by atoms with E-state index in [-0.39, 0.29) is 12.5 Å². The fourth-order valence-corrected chi connectivity index (χ4v) is 4.24. The van der Waals surface area contributed by atoms with E-state index >= 15 is 0 Å². The Hall–Kier alpha value is -2.84. The van der Waals surface area contributed by atoms with E-state index in [2.05, 4.69) is 5.10 Å². The summed E-state index contributed by atoms with van der Waals surface area (Å²) in [5.74, 6) is 1.83. The Kier molecular flexibility index (Phi) is 5.82. The quantitative estimate of drug-likeness (QED) is 0.560. The molecule has 0 atom stereocenters. The average molecular weight is 426 g/mol. The van der Waals surface area contributed by atoms with E-state index in [1.54, 1.807) is 16.7 Å². The number of aromatic nitrogens is 2. The molecular formula is C21H19N3O3S2. The van der Waals surface area contributed by atoms with Crippen LogP contribution in [0.3, 0.4) is 0 Å². The number of carbonyl (C=O) groups is 1. The van der Waals surface area contributed by atoms with Gasteiger partial charge in [-0.25, -0.2) is 4.68 Å². The molecule has 1 amide bonds. The average Bonchev–Trinajstić information content (AvgIpc) is 3.39. The summed E-state index contributed by atoms with van der Waals surface area (Å²) in [4.78, 5) is 14.0. The lowest BCUT2D eigenvalue weighted by molar-refractivity contribution is -0.129. The number of para-hydroxylation sites is 1. The van der Waals surface area contributed by atoms with Crippen LogP contribution in [0.2, 0.25) is 0 Å². The number of carbonyl (C=O) groups excluding carboxylic acids is 1.